The number of nitrogens with zero attached hydrogens (tertiary/aromatic N) is 4. The van der Waals surface area contributed by atoms with Gasteiger partial charge in [-0.25, -0.2) is 13.4 Å². The zero-order chi connectivity index (χ0) is 20.4. The van der Waals surface area contributed by atoms with Gasteiger partial charge in [0.25, 0.3) is 0 Å². The molecule has 3 heterocycles. The van der Waals surface area contributed by atoms with Crippen LogP contribution in [-0.2, 0) is 21.2 Å². The lowest BCUT2D eigenvalue weighted by atomic mass is 10.0. The van der Waals surface area contributed by atoms with Gasteiger partial charge in [-0.2, -0.15) is 0 Å². The molecule has 3 fully saturated rings. The fraction of sp³-hybridized carbons (Fsp3) is 0.810. The normalized spacial score (nSPS) is 28.0. The van der Waals surface area contributed by atoms with Gasteiger partial charge in [0.05, 0.1) is 24.1 Å². The van der Waals surface area contributed by atoms with Crippen LogP contribution in [0.3, 0.4) is 0 Å². The van der Waals surface area contributed by atoms with Crippen LogP contribution >= 0.6 is 0 Å². The highest BCUT2D eigenvalue weighted by Crippen LogP contribution is 2.32. The van der Waals surface area contributed by atoms with Crippen molar-refractivity contribution in [2.24, 2.45) is 0 Å². The minimum absolute atomic E-state index is 0.112. The molecule has 0 radical (unpaired) electrons. The number of imidazole rings is 1. The summed E-state index contributed by atoms with van der Waals surface area (Å²) in [5.41, 5.74) is 0. The molecule has 29 heavy (non-hydrogen) atoms. The smallest absolute Gasteiger partial charge is 0.237 e. The van der Waals surface area contributed by atoms with Crippen molar-refractivity contribution in [3.05, 3.63) is 18.2 Å². The number of aryl methyl sites for hydroxylation is 1. The minimum atomic E-state index is -3.01. The number of hydrogen-bond acceptors (Lipinski definition) is 5. The first kappa shape index (κ1) is 20.8. The van der Waals surface area contributed by atoms with Crippen LogP contribution in [0.5, 0.6) is 0 Å². The maximum absolute atomic E-state index is 13.5. The molecule has 162 valence electrons. The van der Waals surface area contributed by atoms with Crippen LogP contribution in [0.25, 0.3) is 0 Å². The number of hydrogen-bond donors (Lipinski definition) is 0. The van der Waals surface area contributed by atoms with E-state index in [1.165, 1.54) is 0 Å². The van der Waals surface area contributed by atoms with E-state index in [-0.39, 0.29) is 35.5 Å². The van der Waals surface area contributed by atoms with Gasteiger partial charge in [-0.3, -0.25) is 9.69 Å². The molecule has 8 heteroatoms. The quantitative estimate of drug-likeness (QED) is 0.704. The van der Waals surface area contributed by atoms with Crippen molar-refractivity contribution < 1.29 is 13.2 Å². The summed E-state index contributed by atoms with van der Waals surface area (Å²) in [7, 11) is -3.01. The lowest BCUT2D eigenvalue weighted by Gasteiger charge is -2.39. The third kappa shape index (κ3) is 4.53. The summed E-state index contributed by atoms with van der Waals surface area (Å²) in [5, 5.41) is 0. The van der Waals surface area contributed by atoms with Gasteiger partial charge < -0.3 is 9.47 Å². The van der Waals surface area contributed by atoms with Gasteiger partial charge in [-0.15, -0.1) is 0 Å². The number of likely N-dealkylation sites (tertiary alicyclic amines) is 1. The van der Waals surface area contributed by atoms with E-state index in [0.29, 0.717) is 13.0 Å². The summed E-state index contributed by atoms with van der Waals surface area (Å²) < 4.78 is 26.4. The van der Waals surface area contributed by atoms with Crippen molar-refractivity contribution in [1.82, 2.24) is 19.4 Å². The number of aromatic nitrogens is 2. The van der Waals surface area contributed by atoms with Gasteiger partial charge in [0.1, 0.15) is 5.82 Å². The van der Waals surface area contributed by atoms with Gasteiger partial charge >= 0.3 is 0 Å². The van der Waals surface area contributed by atoms with E-state index in [0.717, 1.165) is 63.9 Å². The van der Waals surface area contributed by atoms with Crippen molar-refractivity contribution in [3.63, 3.8) is 0 Å². The first-order chi connectivity index (χ1) is 14.0. The molecule has 1 aliphatic carbocycles. The fourth-order valence-electron chi connectivity index (χ4n) is 5.50. The molecule has 7 nitrogen and oxygen atoms in total. The Morgan fingerprint density at radius 1 is 1.14 bits per heavy atom. The molecule has 0 N–H and O–H groups in total. The zero-order valence-corrected chi connectivity index (χ0v) is 18.3. The van der Waals surface area contributed by atoms with E-state index in [1.807, 2.05) is 17.3 Å². The zero-order valence-electron chi connectivity index (χ0n) is 17.5. The van der Waals surface area contributed by atoms with E-state index in [9.17, 15) is 13.2 Å². The number of rotatable bonds is 6. The maximum Gasteiger partial charge on any atom is 0.237 e. The number of carbonyl (C=O) groups is 1. The van der Waals surface area contributed by atoms with E-state index >= 15 is 0 Å². The average Bonchev–Trinajstić information content (AvgIpc) is 3.44. The molecular formula is C21H34N4O3S. The van der Waals surface area contributed by atoms with Gasteiger partial charge in [-0.1, -0.05) is 19.3 Å². The molecule has 1 amide bonds. The Hall–Kier alpha value is -1.41. The topological polar surface area (TPSA) is 75.5 Å². The van der Waals surface area contributed by atoms with Crippen molar-refractivity contribution in [2.75, 3.05) is 24.6 Å². The van der Waals surface area contributed by atoms with Crippen LogP contribution in [-0.4, -0.2) is 70.4 Å². The molecule has 0 spiro atoms. The van der Waals surface area contributed by atoms with Crippen LogP contribution < -0.4 is 0 Å². The molecule has 3 aliphatic rings. The number of amides is 1. The molecule has 1 aromatic heterocycles. The highest BCUT2D eigenvalue weighted by atomic mass is 32.2. The summed E-state index contributed by atoms with van der Waals surface area (Å²) in [6.45, 7) is 4.26. The summed E-state index contributed by atoms with van der Waals surface area (Å²) >= 11 is 0. The standard InChI is InChI=1S/C21H34N4O3S/c1-2-23-13-11-22-21(23)19-9-5-6-12-24(19)15-20(26)25(17-7-3-4-8-17)18-10-14-29(27,28)16-18/h11,13,17-19H,2-10,12,14-16H2,1H3/t18-,19-/m0/s1. The predicted octanol–water partition coefficient (Wildman–Crippen LogP) is 2.39. The largest absolute Gasteiger partial charge is 0.335 e. The van der Waals surface area contributed by atoms with Gasteiger partial charge in [-0.05, 0) is 45.6 Å². The Labute approximate surface area is 174 Å². The first-order valence-corrected chi connectivity index (χ1v) is 13.1. The summed E-state index contributed by atoms with van der Waals surface area (Å²) in [6.07, 6.45) is 12.0. The van der Waals surface area contributed by atoms with E-state index in [4.69, 9.17) is 0 Å². The number of sulfone groups is 1. The van der Waals surface area contributed by atoms with Crippen LogP contribution in [0.15, 0.2) is 12.4 Å². The van der Waals surface area contributed by atoms with E-state index < -0.39 is 9.84 Å². The molecular weight excluding hydrogens is 388 g/mol. The van der Waals surface area contributed by atoms with Gasteiger partial charge in [0.2, 0.25) is 5.91 Å². The summed E-state index contributed by atoms with van der Waals surface area (Å²) in [5.74, 6) is 1.52. The first-order valence-electron chi connectivity index (χ1n) is 11.2. The minimum Gasteiger partial charge on any atom is -0.335 e. The second-order valence-corrected chi connectivity index (χ2v) is 11.1. The Morgan fingerprint density at radius 2 is 1.90 bits per heavy atom. The summed E-state index contributed by atoms with van der Waals surface area (Å²) in [6, 6.07) is 0.235. The van der Waals surface area contributed by atoms with E-state index in [2.05, 4.69) is 21.4 Å². The predicted molar refractivity (Wildman–Crippen MR) is 112 cm³/mol. The van der Waals surface area contributed by atoms with Gasteiger partial charge in [0, 0.05) is 31.0 Å². The average molecular weight is 423 g/mol. The molecule has 0 aromatic carbocycles. The molecule has 2 atom stereocenters. The second-order valence-electron chi connectivity index (χ2n) is 8.85. The molecule has 4 rings (SSSR count). The lowest BCUT2D eigenvalue weighted by molar-refractivity contribution is -0.138. The SMILES string of the molecule is CCn1ccnc1[C@@H]1CCCCN1CC(=O)N(C1CCCC1)[C@H]1CCS(=O)(=O)C1. The molecule has 2 aliphatic heterocycles. The highest BCUT2D eigenvalue weighted by molar-refractivity contribution is 7.91. The Balaban J connectivity index is 1.52. The van der Waals surface area contributed by atoms with Crippen LogP contribution in [0.1, 0.15) is 70.2 Å². The monoisotopic (exact) mass is 422 g/mol. The molecule has 1 aromatic rings. The molecule has 0 unspecified atom stereocenters. The molecule has 1 saturated carbocycles. The number of carbonyl (C=O) groups excluding carboxylic acids is 1. The van der Waals surface area contributed by atoms with Crippen molar-refractivity contribution >= 4 is 15.7 Å². The van der Waals surface area contributed by atoms with Crippen molar-refractivity contribution in [2.45, 2.75) is 83.0 Å². The Bertz CT molecular complexity index is 816. The Morgan fingerprint density at radius 3 is 2.59 bits per heavy atom. The Kier molecular flexibility index (Phi) is 6.30. The highest BCUT2D eigenvalue weighted by Gasteiger charge is 2.40. The lowest BCUT2D eigenvalue weighted by Crippen LogP contribution is -2.51. The second kappa shape index (κ2) is 8.76. The maximum atomic E-state index is 13.5. The number of piperidine rings is 1. The van der Waals surface area contributed by atoms with Crippen LogP contribution in [0, 0.1) is 0 Å². The van der Waals surface area contributed by atoms with Crippen molar-refractivity contribution in [3.8, 4) is 0 Å². The third-order valence-electron chi connectivity index (χ3n) is 6.95. The third-order valence-corrected chi connectivity index (χ3v) is 8.70. The van der Waals surface area contributed by atoms with E-state index in [1.54, 1.807) is 0 Å². The van der Waals surface area contributed by atoms with Gasteiger partial charge in [0.15, 0.2) is 9.84 Å². The van der Waals surface area contributed by atoms with Crippen LogP contribution in [0.4, 0.5) is 0 Å². The van der Waals surface area contributed by atoms with Crippen LogP contribution in [0.2, 0.25) is 0 Å². The van der Waals surface area contributed by atoms with Crippen molar-refractivity contribution in [1.29, 1.82) is 0 Å². The molecule has 2 saturated heterocycles. The fourth-order valence-corrected chi connectivity index (χ4v) is 7.21. The molecule has 0 bridgehead atoms. The summed E-state index contributed by atoms with van der Waals surface area (Å²) in [4.78, 5) is 22.4.